The minimum absolute atomic E-state index is 0.0903. The molecule has 0 aliphatic heterocycles. The minimum atomic E-state index is 0.0903. The largest absolute Gasteiger partial charge is 0.0616 e. The summed E-state index contributed by atoms with van der Waals surface area (Å²) in [6.07, 6.45) is 0. The van der Waals surface area contributed by atoms with Gasteiger partial charge in [-0.05, 0) is 71.1 Å². The molecule has 0 spiro atoms. The monoisotopic (exact) mass is 364 g/mol. The van der Waals surface area contributed by atoms with Crippen molar-refractivity contribution in [2.24, 2.45) is 0 Å². The second-order valence-electron chi connectivity index (χ2n) is 10.3. The Hall–Kier alpha value is -2.60. The van der Waals surface area contributed by atoms with Gasteiger partial charge in [0.25, 0.3) is 0 Å². The normalized spacial score (nSPS) is 13.4. The average molecular weight is 365 g/mol. The predicted octanol–water partition coefficient (Wildman–Crippen LogP) is 8.33. The van der Waals surface area contributed by atoms with Gasteiger partial charge in [0.05, 0.1) is 0 Å². The molecule has 5 aromatic rings. The zero-order chi connectivity index (χ0) is 19.8. The van der Waals surface area contributed by atoms with Crippen LogP contribution in [0.15, 0.2) is 60.7 Å². The van der Waals surface area contributed by atoms with Gasteiger partial charge in [-0.2, -0.15) is 0 Å². The molecule has 0 saturated carbocycles. The van der Waals surface area contributed by atoms with Crippen molar-refractivity contribution in [3.8, 4) is 0 Å². The van der Waals surface area contributed by atoms with Gasteiger partial charge in [-0.1, -0.05) is 96.1 Å². The number of rotatable bonds is 0. The summed E-state index contributed by atoms with van der Waals surface area (Å²) in [7, 11) is 0. The molecule has 0 radical (unpaired) electrons. The van der Waals surface area contributed by atoms with Crippen LogP contribution >= 0.6 is 0 Å². The van der Waals surface area contributed by atoms with Crippen LogP contribution in [0.4, 0.5) is 0 Å². The van der Waals surface area contributed by atoms with Crippen molar-refractivity contribution in [3.63, 3.8) is 0 Å². The Balaban J connectivity index is 2.08. The number of hydrogen-bond acceptors (Lipinski definition) is 0. The fourth-order valence-electron chi connectivity index (χ4n) is 5.03. The topological polar surface area (TPSA) is 0 Å². The second kappa shape index (κ2) is 5.47. The van der Waals surface area contributed by atoms with Crippen LogP contribution in [0.1, 0.15) is 52.7 Å². The lowest BCUT2D eigenvalue weighted by Gasteiger charge is -2.32. The van der Waals surface area contributed by atoms with Crippen LogP contribution in [0.5, 0.6) is 0 Å². The SMILES string of the molecule is CC(C)(C)c1cc2ccc3cc4ccccc4c4ccc(c1C(C)(C)C)c2c34. The predicted molar refractivity (Wildman–Crippen MR) is 125 cm³/mol. The van der Waals surface area contributed by atoms with Crippen LogP contribution < -0.4 is 0 Å². The maximum absolute atomic E-state index is 2.46. The van der Waals surface area contributed by atoms with E-state index in [9.17, 15) is 0 Å². The Bertz CT molecular complexity index is 1350. The molecule has 140 valence electrons. The summed E-state index contributed by atoms with van der Waals surface area (Å²) in [5.41, 5.74) is 3.16. The summed E-state index contributed by atoms with van der Waals surface area (Å²) in [4.78, 5) is 0. The molecule has 0 nitrogen and oxygen atoms in total. The van der Waals surface area contributed by atoms with Crippen LogP contribution in [0.3, 0.4) is 0 Å². The highest BCUT2D eigenvalue weighted by Gasteiger charge is 2.28. The molecule has 0 atom stereocenters. The van der Waals surface area contributed by atoms with Crippen LogP contribution in [0.25, 0.3) is 43.1 Å². The van der Waals surface area contributed by atoms with E-state index in [0.29, 0.717) is 0 Å². The smallest absolute Gasteiger partial charge is 0.00202 e. The van der Waals surface area contributed by atoms with Crippen molar-refractivity contribution < 1.29 is 0 Å². The van der Waals surface area contributed by atoms with Gasteiger partial charge in [0.1, 0.15) is 0 Å². The third-order valence-electron chi connectivity index (χ3n) is 6.18. The van der Waals surface area contributed by atoms with E-state index in [4.69, 9.17) is 0 Å². The van der Waals surface area contributed by atoms with E-state index in [0.717, 1.165) is 0 Å². The Morgan fingerprint density at radius 1 is 0.500 bits per heavy atom. The summed E-state index contributed by atoms with van der Waals surface area (Å²) in [5.74, 6) is 0. The molecule has 0 aromatic heterocycles. The van der Waals surface area contributed by atoms with E-state index in [1.807, 2.05) is 0 Å². The first kappa shape index (κ1) is 17.5. The fourth-order valence-corrected chi connectivity index (χ4v) is 5.03. The van der Waals surface area contributed by atoms with Gasteiger partial charge in [0.2, 0.25) is 0 Å². The van der Waals surface area contributed by atoms with Gasteiger partial charge in [0.15, 0.2) is 0 Å². The molecular formula is C28H28. The summed E-state index contributed by atoms with van der Waals surface area (Å²) < 4.78 is 0. The molecule has 0 amide bonds. The molecule has 28 heavy (non-hydrogen) atoms. The van der Waals surface area contributed by atoms with Crippen molar-refractivity contribution in [2.45, 2.75) is 52.4 Å². The first-order valence-electron chi connectivity index (χ1n) is 10.3. The van der Waals surface area contributed by atoms with Gasteiger partial charge in [-0.15, -0.1) is 0 Å². The van der Waals surface area contributed by atoms with E-state index in [1.165, 1.54) is 54.2 Å². The van der Waals surface area contributed by atoms with Crippen molar-refractivity contribution in [3.05, 3.63) is 71.8 Å². The minimum Gasteiger partial charge on any atom is -0.0616 e. The average Bonchev–Trinajstić information content (AvgIpc) is 2.63. The molecule has 0 heterocycles. The summed E-state index contributed by atoms with van der Waals surface area (Å²) in [6, 6.07) is 22.9. The fraction of sp³-hybridized carbons (Fsp3) is 0.286. The van der Waals surface area contributed by atoms with Gasteiger partial charge >= 0.3 is 0 Å². The van der Waals surface area contributed by atoms with Crippen LogP contribution in [0.2, 0.25) is 0 Å². The third-order valence-corrected chi connectivity index (χ3v) is 6.18. The maximum Gasteiger partial charge on any atom is -0.00202 e. The molecule has 5 aromatic carbocycles. The van der Waals surface area contributed by atoms with Gasteiger partial charge < -0.3 is 0 Å². The lowest BCUT2D eigenvalue weighted by atomic mass is 9.72. The van der Waals surface area contributed by atoms with Gasteiger partial charge in [-0.3, -0.25) is 0 Å². The van der Waals surface area contributed by atoms with E-state index in [1.54, 1.807) is 0 Å². The van der Waals surface area contributed by atoms with E-state index < -0.39 is 0 Å². The second-order valence-corrected chi connectivity index (χ2v) is 10.3. The highest BCUT2D eigenvalue weighted by molar-refractivity contribution is 6.29. The molecule has 0 fully saturated rings. The summed E-state index contributed by atoms with van der Waals surface area (Å²) >= 11 is 0. The first-order chi connectivity index (χ1) is 13.2. The number of hydrogen-bond donors (Lipinski definition) is 0. The zero-order valence-electron chi connectivity index (χ0n) is 17.8. The van der Waals surface area contributed by atoms with Crippen LogP contribution in [-0.4, -0.2) is 0 Å². The highest BCUT2D eigenvalue weighted by Crippen LogP contribution is 2.45. The van der Waals surface area contributed by atoms with Crippen molar-refractivity contribution in [2.75, 3.05) is 0 Å². The molecule has 0 aliphatic carbocycles. The third kappa shape index (κ3) is 2.37. The first-order valence-corrected chi connectivity index (χ1v) is 10.3. The Labute approximate surface area is 167 Å². The Morgan fingerprint density at radius 3 is 1.79 bits per heavy atom. The molecule has 0 unspecified atom stereocenters. The van der Waals surface area contributed by atoms with Crippen LogP contribution in [-0.2, 0) is 10.8 Å². The Kier molecular flexibility index (Phi) is 3.42. The van der Waals surface area contributed by atoms with Gasteiger partial charge in [-0.25, -0.2) is 0 Å². The number of benzene rings is 5. The van der Waals surface area contributed by atoms with Crippen LogP contribution in [0, 0.1) is 0 Å². The Morgan fingerprint density at radius 2 is 1.11 bits per heavy atom. The lowest BCUT2D eigenvalue weighted by molar-refractivity contribution is 0.535. The lowest BCUT2D eigenvalue weighted by Crippen LogP contribution is -2.22. The zero-order valence-corrected chi connectivity index (χ0v) is 17.8. The van der Waals surface area contributed by atoms with E-state index >= 15 is 0 Å². The molecule has 0 N–H and O–H groups in total. The molecule has 0 heteroatoms. The molecule has 0 aliphatic rings. The molecular weight excluding hydrogens is 336 g/mol. The van der Waals surface area contributed by atoms with E-state index in [2.05, 4.69) is 102 Å². The standard InChI is InChI=1S/C28H28/c1-27(2,3)23-16-19-12-11-18-15-17-9-7-8-10-20(17)21-13-14-22(25(19)24(18)21)26(23)28(4,5)6/h7-16H,1-6H3. The van der Waals surface area contributed by atoms with Gasteiger partial charge in [0, 0.05) is 0 Å². The van der Waals surface area contributed by atoms with Crippen molar-refractivity contribution in [1.29, 1.82) is 0 Å². The molecule has 0 saturated heterocycles. The summed E-state index contributed by atoms with van der Waals surface area (Å²) in [6.45, 7) is 14.1. The quantitative estimate of drug-likeness (QED) is 0.191. The molecule has 0 bridgehead atoms. The van der Waals surface area contributed by atoms with Crippen molar-refractivity contribution >= 4 is 43.1 Å². The highest BCUT2D eigenvalue weighted by atomic mass is 14.3. The number of fused-ring (bicyclic) bond motifs is 2. The van der Waals surface area contributed by atoms with Crippen molar-refractivity contribution in [1.82, 2.24) is 0 Å². The summed E-state index contributed by atoms with van der Waals surface area (Å²) in [5, 5.41) is 11.0. The van der Waals surface area contributed by atoms with E-state index in [-0.39, 0.29) is 10.8 Å². The molecule has 5 rings (SSSR count). The maximum atomic E-state index is 2.46.